The lowest BCUT2D eigenvalue weighted by Crippen LogP contribution is -2.42. The van der Waals surface area contributed by atoms with E-state index >= 15 is 0 Å². The summed E-state index contributed by atoms with van der Waals surface area (Å²) in [5, 5.41) is -0.361. The highest BCUT2D eigenvalue weighted by Crippen LogP contribution is 2.15. The van der Waals surface area contributed by atoms with E-state index in [1.165, 1.54) is 11.2 Å². The Labute approximate surface area is 72.5 Å². The lowest BCUT2D eigenvalue weighted by atomic mass is 10.1. The van der Waals surface area contributed by atoms with Crippen molar-refractivity contribution in [2.75, 3.05) is 19.8 Å². The highest BCUT2D eigenvalue weighted by molar-refractivity contribution is 7.91. The van der Waals surface area contributed by atoms with Gasteiger partial charge in [-0.15, -0.1) is 0 Å². The van der Waals surface area contributed by atoms with Crippen LogP contribution in [0, 0.1) is 0 Å². The number of likely N-dealkylation sites (tertiary alicyclic amines) is 1. The van der Waals surface area contributed by atoms with E-state index in [9.17, 15) is 13.2 Å². The number of rotatable bonds is 1. The number of hydrogen-bond donors (Lipinski definition) is 0. The van der Waals surface area contributed by atoms with E-state index in [2.05, 4.69) is 0 Å². The molecule has 4 nitrogen and oxygen atoms in total. The van der Waals surface area contributed by atoms with Crippen molar-refractivity contribution in [2.45, 2.75) is 18.1 Å². The van der Waals surface area contributed by atoms with Crippen molar-refractivity contribution in [3.63, 3.8) is 0 Å². The zero-order chi connectivity index (χ0) is 9.35. The quantitative estimate of drug-likeness (QED) is 0.569. The Hall–Kier alpha value is -0.580. The second-order valence-corrected chi connectivity index (χ2v) is 5.59. The van der Waals surface area contributed by atoms with E-state index in [-0.39, 0.29) is 11.2 Å². The SMILES string of the molecule is CN1CC(S(C)(=O)=O)CCC1=O. The fourth-order valence-corrected chi connectivity index (χ4v) is 2.36. The van der Waals surface area contributed by atoms with E-state index in [1.807, 2.05) is 0 Å². The number of piperidine rings is 1. The lowest BCUT2D eigenvalue weighted by Gasteiger charge is -2.28. The second kappa shape index (κ2) is 3.05. The molecule has 0 bridgehead atoms. The number of carbonyl (C=O) groups is 1. The van der Waals surface area contributed by atoms with Crippen LogP contribution in [0.4, 0.5) is 0 Å². The molecule has 70 valence electrons. The van der Waals surface area contributed by atoms with Gasteiger partial charge in [-0.25, -0.2) is 8.42 Å². The molecular formula is C7H13NO3S. The van der Waals surface area contributed by atoms with Gasteiger partial charge in [0.1, 0.15) is 0 Å². The zero-order valence-corrected chi connectivity index (χ0v) is 8.10. The van der Waals surface area contributed by atoms with Gasteiger partial charge in [0.2, 0.25) is 5.91 Å². The zero-order valence-electron chi connectivity index (χ0n) is 7.28. The Morgan fingerprint density at radius 3 is 2.50 bits per heavy atom. The van der Waals surface area contributed by atoms with Crippen molar-refractivity contribution in [3.8, 4) is 0 Å². The Kier molecular flexibility index (Phi) is 2.41. The fourth-order valence-electron chi connectivity index (χ4n) is 1.32. The van der Waals surface area contributed by atoms with E-state index < -0.39 is 9.84 Å². The maximum atomic E-state index is 11.1. The highest BCUT2D eigenvalue weighted by Gasteiger charge is 2.29. The molecule has 1 heterocycles. The predicted molar refractivity (Wildman–Crippen MR) is 45.5 cm³/mol. The van der Waals surface area contributed by atoms with Crippen molar-refractivity contribution in [1.82, 2.24) is 4.90 Å². The maximum Gasteiger partial charge on any atom is 0.222 e. The molecule has 0 aromatic carbocycles. The number of carbonyl (C=O) groups excluding carboxylic acids is 1. The molecule has 12 heavy (non-hydrogen) atoms. The van der Waals surface area contributed by atoms with E-state index in [0.29, 0.717) is 19.4 Å². The molecule has 0 aromatic heterocycles. The molecule has 1 amide bonds. The van der Waals surface area contributed by atoms with Crippen LogP contribution in [0.1, 0.15) is 12.8 Å². The van der Waals surface area contributed by atoms with Crippen molar-refractivity contribution in [2.24, 2.45) is 0 Å². The first-order valence-electron chi connectivity index (χ1n) is 3.84. The summed E-state index contributed by atoms with van der Waals surface area (Å²) in [4.78, 5) is 12.5. The minimum absolute atomic E-state index is 0.0369. The van der Waals surface area contributed by atoms with Gasteiger partial charge in [-0.05, 0) is 6.42 Å². The minimum atomic E-state index is -2.98. The standard InChI is InChI=1S/C7H13NO3S/c1-8-5-6(12(2,10)11)3-4-7(8)9/h6H,3-5H2,1-2H3. The van der Waals surface area contributed by atoms with Gasteiger partial charge in [0.15, 0.2) is 9.84 Å². The van der Waals surface area contributed by atoms with Crippen LogP contribution in [0.3, 0.4) is 0 Å². The van der Waals surface area contributed by atoms with E-state index in [4.69, 9.17) is 0 Å². The first-order valence-corrected chi connectivity index (χ1v) is 5.79. The summed E-state index contributed by atoms with van der Waals surface area (Å²) in [6.45, 7) is 0.345. The van der Waals surface area contributed by atoms with E-state index in [0.717, 1.165) is 0 Å². The molecule has 0 aromatic rings. The number of sulfone groups is 1. The smallest absolute Gasteiger partial charge is 0.222 e. The highest BCUT2D eigenvalue weighted by atomic mass is 32.2. The molecule has 1 aliphatic rings. The molecule has 1 atom stereocenters. The Balaban J connectivity index is 2.70. The Morgan fingerprint density at radius 1 is 1.50 bits per heavy atom. The lowest BCUT2D eigenvalue weighted by molar-refractivity contribution is -0.131. The van der Waals surface area contributed by atoms with Crippen LogP contribution in [0.2, 0.25) is 0 Å². The van der Waals surface area contributed by atoms with Gasteiger partial charge >= 0.3 is 0 Å². The average molecular weight is 191 g/mol. The van der Waals surface area contributed by atoms with Gasteiger partial charge in [0.05, 0.1) is 5.25 Å². The van der Waals surface area contributed by atoms with Gasteiger partial charge in [0.25, 0.3) is 0 Å². The number of nitrogens with zero attached hydrogens (tertiary/aromatic N) is 1. The van der Waals surface area contributed by atoms with Crippen LogP contribution in [0.25, 0.3) is 0 Å². The molecule has 1 fully saturated rings. The van der Waals surface area contributed by atoms with Gasteiger partial charge < -0.3 is 4.90 Å². The topological polar surface area (TPSA) is 54.5 Å². The summed E-state index contributed by atoms with van der Waals surface area (Å²) in [6, 6.07) is 0. The number of hydrogen-bond acceptors (Lipinski definition) is 3. The van der Waals surface area contributed by atoms with Crippen LogP contribution < -0.4 is 0 Å². The number of amides is 1. The molecule has 0 radical (unpaired) electrons. The summed E-state index contributed by atoms with van der Waals surface area (Å²) >= 11 is 0. The summed E-state index contributed by atoms with van der Waals surface area (Å²) < 4.78 is 22.2. The molecule has 0 aliphatic carbocycles. The van der Waals surface area contributed by atoms with Crippen molar-refractivity contribution in [1.29, 1.82) is 0 Å². The van der Waals surface area contributed by atoms with Crippen LogP contribution in [-0.4, -0.2) is 44.3 Å². The molecule has 1 rings (SSSR count). The van der Waals surface area contributed by atoms with Crippen LogP contribution in [0.15, 0.2) is 0 Å². The van der Waals surface area contributed by atoms with Gasteiger partial charge in [-0.2, -0.15) is 0 Å². The van der Waals surface area contributed by atoms with Gasteiger partial charge in [-0.3, -0.25) is 4.79 Å². The van der Waals surface area contributed by atoms with E-state index in [1.54, 1.807) is 7.05 Å². The molecule has 0 saturated carbocycles. The third-order valence-electron chi connectivity index (χ3n) is 2.19. The van der Waals surface area contributed by atoms with Crippen LogP contribution in [-0.2, 0) is 14.6 Å². The molecule has 1 aliphatic heterocycles. The molecular weight excluding hydrogens is 178 g/mol. The Bertz CT molecular complexity index is 283. The van der Waals surface area contributed by atoms with Crippen LogP contribution >= 0.6 is 0 Å². The third kappa shape index (κ3) is 1.97. The minimum Gasteiger partial charge on any atom is -0.344 e. The molecule has 0 spiro atoms. The van der Waals surface area contributed by atoms with Crippen molar-refractivity contribution in [3.05, 3.63) is 0 Å². The summed E-state index contributed by atoms with van der Waals surface area (Å²) in [5.41, 5.74) is 0. The summed E-state index contributed by atoms with van der Waals surface area (Å²) in [5.74, 6) is 0.0369. The first kappa shape index (κ1) is 9.51. The van der Waals surface area contributed by atoms with Crippen molar-refractivity contribution >= 4 is 15.7 Å². The molecule has 1 unspecified atom stereocenters. The Morgan fingerprint density at radius 2 is 2.08 bits per heavy atom. The molecule has 0 N–H and O–H groups in total. The van der Waals surface area contributed by atoms with Gasteiger partial charge in [0, 0.05) is 26.3 Å². The second-order valence-electron chi connectivity index (χ2n) is 3.26. The average Bonchev–Trinajstić information content (AvgIpc) is 1.92. The fraction of sp³-hybridized carbons (Fsp3) is 0.857. The third-order valence-corrected chi connectivity index (χ3v) is 3.78. The van der Waals surface area contributed by atoms with Crippen molar-refractivity contribution < 1.29 is 13.2 Å². The largest absolute Gasteiger partial charge is 0.344 e. The van der Waals surface area contributed by atoms with Crippen LogP contribution in [0.5, 0.6) is 0 Å². The maximum absolute atomic E-state index is 11.1. The summed E-state index contributed by atoms with van der Waals surface area (Å²) in [7, 11) is -1.34. The van der Waals surface area contributed by atoms with Gasteiger partial charge in [-0.1, -0.05) is 0 Å². The molecule has 1 saturated heterocycles. The summed E-state index contributed by atoms with van der Waals surface area (Å²) in [6.07, 6.45) is 2.05. The normalized spacial score (nSPS) is 26.0. The first-order chi connectivity index (χ1) is 5.41. The predicted octanol–water partition coefficient (Wildman–Crippen LogP) is -0.348. The molecule has 5 heteroatoms. The monoisotopic (exact) mass is 191 g/mol.